The summed E-state index contributed by atoms with van der Waals surface area (Å²) in [6, 6.07) is 7.07. The third-order valence-corrected chi connectivity index (χ3v) is 5.60. The van der Waals surface area contributed by atoms with Gasteiger partial charge < -0.3 is 0 Å². The van der Waals surface area contributed by atoms with Crippen molar-refractivity contribution < 1.29 is 0 Å². The fourth-order valence-electron chi connectivity index (χ4n) is 3.12. The van der Waals surface area contributed by atoms with E-state index < -0.39 is 0 Å². The number of aryl methyl sites for hydroxylation is 2. The van der Waals surface area contributed by atoms with E-state index in [1.807, 2.05) is 0 Å². The van der Waals surface area contributed by atoms with E-state index in [4.69, 9.17) is 0 Å². The molecule has 1 atom stereocenters. The first kappa shape index (κ1) is 14.1. The number of hydrogen-bond acceptors (Lipinski definition) is 0. The summed E-state index contributed by atoms with van der Waals surface area (Å²) in [7, 11) is 0. The van der Waals surface area contributed by atoms with E-state index in [9.17, 15) is 0 Å². The quantitative estimate of drug-likeness (QED) is 0.614. The fourth-order valence-corrected chi connectivity index (χ4v) is 4.08. The number of alkyl halides is 1. The Labute approximate surface area is 120 Å². The fraction of sp³-hybridized carbons (Fsp3) is 0.647. The maximum Gasteiger partial charge on any atom is 0.0426 e. The Morgan fingerprint density at radius 3 is 2.44 bits per heavy atom. The van der Waals surface area contributed by atoms with Crippen molar-refractivity contribution in [3.63, 3.8) is 0 Å². The molecule has 1 aliphatic carbocycles. The number of benzene rings is 1. The van der Waals surface area contributed by atoms with Gasteiger partial charge in [0.15, 0.2) is 0 Å². The second-order valence-electron chi connectivity index (χ2n) is 5.54. The molecule has 0 bridgehead atoms. The van der Waals surface area contributed by atoms with E-state index in [1.165, 1.54) is 43.2 Å². The Morgan fingerprint density at radius 1 is 1.11 bits per heavy atom. The molecule has 1 unspecified atom stereocenters. The molecule has 0 saturated heterocycles. The van der Waals surface area contributed by atoms with Gasteiger partial charge in [-0.3, -0.25) is 0 Å². The topological polar surface area (TPSA) is 0 Å². The van der Waals surface area contributed by atoms with Gasteiger partial charge in [0, 0.05) is 4.83 Å². The molecule has 1 saturated carbocycles. The molecule has 100 valence electrons. The van der Waals surface area contributed by atoms with Gasteiger partial charge in [-0.1, -0.05) is 67.2 Å². The highest BCUT2D eigenvalue weighted by Crippen LogP contribution is 2.41. The van der Waals surface area contributed by atoms with Crippen LogP contribution in [0.1, 0.15) is 67.5 Å². The van der Waals surface area contributed by atoms with Crippen molar-refractivity contribution >= 4 is 15.9 Å². The summed E-state index contributed by atoms with van der Waals surface area (Å²) in [5.41, 5.74) is 4.56. The van der Waals surface area contributed by atoms with E-state index in [2.05, 4.69) is 48.0 Å². The SMILES string of the molecule is CCc1ccc(CC)c(C(Br)C2CCCCC2)c1. The lowest BCUT2D eigenvalue weighted by Gasteiger charge is -2.28. The molecule has 0 amide bonds. The molecule has 2 rings (SSSR count). The van der Waals surface area contributed by atoms with Crippen molar-refractivity contribution in [1.82, 2.24) is 0 Å². The molecular weight excluding hydrogens is 284 g/mol. The van der Waals surface area contributed by atoms with Crippen molar-refractivity contribution in [3.8, 4) is 0 Å². The zero-order valence-electron chi connectivity index (χ0n) is 11.7. The molecule has 0 aliphatic heterocycles. The standard InChI is InChI=1S/C17H25Br/c1-3-13-10-11-14(4-2)16(12-13)17(18)15-8-6-5-7-9-15/h10-12,15,17H,3-9H2,1-2H3. The molecule has 0 N–H and O–H groups in total. The molecule has 0 aromatic heterocycles. The predicted octanol–water partition coefficient (Wildman–Crippen LogP) is 5.83. The van der Waals surface area contributed by atoms with Crippen LogP contribution in [0.2, 0.25) is 0 Å². The van der Waals surface area contributed by atoms with Crippen molar-refractivity contribution in [3.05, 3.63) is 34.9 Å². The molecule has 1 fully saturated rings. The Balaban J connectivity index is 2.23. The molecule has 0 nitrogen and oxygen atoms in total. The van der Waals surface area contributed by atoms with Gasteiger partial charge in [-0.15, -0.1) is 0 Å². The zero-order chi connectivity index (χ0) is 13.0. The molecule has 1 aliphatic rings. The van der Waals surface area contributed by atoms with Crippen LogP contribution >= 0.6 is 15.9 Å². The third kappa shape index (κ3) is 3.17. The van der Waals surface area contributed by atoms with Gasteiger partial charge in [0.05, 0.1) is 0 Å². The van der Waals surface area contributed by atoms with Gasteiger partial charge >= 0.3 is 0 Å². The largest absolute Gasteiger partial charge is 0.0836 e. The molecule has 18 heavy (non-hydrogen) atoms. The summed E-state index contributed by atoms with van der Waals surface area (Å²) in [5, 5.41) is 0. The summed E-state index contributed by atoms with van der Waals surface area (Å²) in [6.07, 6.45) is 9.36. The number of rotatable bonds is 4. The van der Waals surface area contributed by atoms with Crippen molar-refractivity contribution in [2.45, 2.75) is 63.6 Å². The van der Waals surface area contributed by atoms with Gasteiger partial charge in [-0.25, -0.2) is 0 Å². The summed E-state index contributed by atoms with van der Waals surface area (Å²) >= 11 is 4.00. The predicted molar refractivity (Wildman–Crippen MR) is 83.4 cm³/mol. The van der Waals surface area contributed by atoms with E-state index in [-0.39, 0.29) is 0 Å². The maximum atomic E-state index is 4.00. The first-order valence-corrected chi connectivity index (χ1v) is 8.43. The van der Waals surface area contributed by atoms with Crippen LogP contribution in [-0.2, 0) is 12.8 Å². The molecule has 0 heterocycles. The summed E-state index contributed by atoms with van der Waals surface area (Å²) in [4.78, 5) is 0.569. The molecule has 1 heteroatoms. The molecule has 1 aromatic rings. The Hall–Kier alpha value is -0.300. The molecule has 0 spiro atoms. The van der Waals surface area contributed by atoms with Gasteiger partial charge in [0.1, 0.15) is 0 Å². The molecule has 0 radical (unpaired) electrons. The Morgan fingerprint density at radius 2 is 1.83 bits per heavy atom. The van der Waals surface area contributed by atoms with Gasteiger partial charge in [-0.2, -0.15) is 0 Å². The summed E-state index contributed by atoms with van der Waals surface area (Å²) in [6.45, 7) is 4.51. The van der Waals surface area contributed by atoms with Crippen LogP contribution < -0.4 is 0 Å². The third-order valence-electron chi connectivity index (χ3n) is 4.36. The zero-order valence-corrected chi connectivity index (χ0v) is 13.3. The average molecular weight is 309 g/mol. The Kier molecular flexibility index (Phi) is 5.29. The minimum absolute atomic E-state index is 0.569. The number of halogens is 1. The van der Waals surface area contributed by atoms with Crippen LogP contribution in [0.3, 0.4) is 0 Å². The highest BCUT2D eigenvalue weighted by atomic mass is 79.9. The van der Waals surface area contributed by atoms with Crippen LogP contribution in [0, 0.1) is 5.92 Å². The monoisotopic (exact) mass is 308 g/mol. The molecular formula is C17H25Br. The first-order valence-electron chi connectivity index (χ1n) is 7.52. The lowest BCUT2D eigenvalue weighted by molar-refractivity contribution is 0.354. The lowest BCUT2D eigenvalue weighted by Crippen LogP contribution is -2.13. The normalized spacial score (nSPS) is 18.8. The van der Waals surface area contributed by atoms with Crippen molar-refractivity contribution in [2.75, 3.05) is 0 Å². The molecule has 1 aromatic carbocycles. The lowest BCUT2D eigenvalue weighted by atomic mass is 9.83. The van der Waals surface area contributed by atoms with E-state index in [0.717, 1.165) is 18.8 Å². The van der Waals surface area contributed by atoms with E-state index in [1.54, 1.807) is 5.56 Å². The van der Waals surface area contributed by atoms with Crippen LogP contribution in [0.25, 0.3) is 0 Å². The van der Waals surface area contributed by atoms with Crippen LogP contribution in [0.5, 0.6) is 0 Å². The summed E-state index contributed by atoms with van der Waals surface area (Å²) < 4.78 is 0. The van der Waals surface area contributed by atoms with Crippen LogP contribution in [0.15, 0.2) is 18.2 Å². The number of hydrogen-bond donors (Lipinski definition) is 0. The maximum absolute atomic E-state index is 4.00. The smallest absolute Gasteiger partial charge is 0.0426 e. The van der Waals surface area contributed by atoms with Crippen molar-refractivity contribution in [2.24, 2.45) is 5.92 Å². The summed E-state index contributed by atoms with van der Waals surface area (Å²) in [5.74, 6) is 0.844. The van der Waals surface area contributed by atoms with Gasteiger partial charge in [0.25, 0.3) is 0 Å². The van der Waals surface area contributed by atoms with Crippen molar-refractivity contribution in [1.29, 1.82) is 0 Å². The Bertz CT molecular complexity index is 377. The minimum Gasteiger partial charge on any atom is -0.0836 e. The second-order valence-corrected chi connectivity index (χ2v) is 6.53. The van der Waals surface area contributed by atoms with E-state index >= 15 is 0 Å². The first-order chi connectivity index (χ1) is 8.76. The van der Waals surface area contributed by atoms with Gasteiger partial charge in [0.2, 0.25) is 0 Å². The second kappa shape index (κ2) is 6.75. The van der Waals surface area contributed by atoms with Crippen LogP contribution in [-0.4, -0.2) is 0 Å². The highest BCUT2D eigenvalue weighted by Gasteiger charge is 2.24. The average Bonchev–Trinajstić information content (AvgIpc) is 2.46. The van der Waals surface area contributed by atoms with E-state index in [0.29, 0.717) is 4.83 Å². The minimum atomic E-state index is 0.569. The van der Waals surface area contributed by atoms with Gasteiger partial charge in [-0.05, 0) is 48.3 Å². The highest BCUT2D eigenvalue weighted by molar-refractivity contribution is 9.09. The van der Waals surface area contributed by atoms with Crippen LogP contribution in [0.4, 0.5) is 0 Å².